The Morgan fingerprint density at radius 1 is 1.11 bits per heavy atom. The van der Waals surface area contributed by atoms with Gasteiger partial charge >= 0.3 is 0 Å². The van der Waals surface area contributed by atoms with Crippen LogP contribution in [0.2, 0.25) is 0 Å². The van der Waals surface area contributed by atoms with Crippen molar-refractivity contribution in [2.75, 3.05) is 12.0 Å². The summed E-state index contributed by atoms with van der Waals surface area (Å²) in [6.07, 6.45) is 3.48. The Morgan fingerprint density at radius 3 is 2.29 bits per heavy atom. The Morgan fingerprint density at radius 2 is 1.74 bits per heavy atom. The maximum absolute atomic E-state index is 14.8. The zero-order valence-electron chi connectivity index (χ0n) is 21.5. The van der Waals surface area contributed by atoms with Crippen LogP contribution in [0, 0.1) is 5.82 Å². The van der Waals surface area contributed by atoms with Crippen LogP contribution in [0.3, 0.4) is 0 Å². The number of nitrogens with two attached hydrogens (primary N) is 1. The van der Waals surface area contributed by atoms with Gasteiger partial charge in [0.2, 0.25) is 16.0 Å². The van der Waals surface area contributed by atoms with Crippen molar-refractivity contribution in [1.29, 1.82) is 0 Å². The van der Waals surface area contributed by atoms with E-state index < -0.39 is 25.4 Å². The average Bonchev–Trinajstić information content (AvgIpc) is 3.49. The van der Waals surface area contributed by atoms with Gasteiger partial charge in [-0.15, -0.1) is 0 Å². The van der Waals surface area contributed by atoms with Crippen molar-refractivity contribution < 1.29 is 25.8 Å². The minimum atomic E-state index is -3.73. The molecule has 3 N–H and O–H groups in total. The molecule has 2 aromatic heterocycles. The molecular formula is C25H30FN5O5S2. The molecule has 1 aliphatic carbocycles. The highest BCUT2D eigenvalue weighted by atomic mass is 32.2. The highest BCUT2D eigenvalue weighted by Gasteiger charge is 2.32. The fourth-order valence-corrected chi connectivity index (χ4v) is 5.41. The van der Waals surface area contributed by atoms with Gasteiger partial charge in [0.05, 0.1) is 33.9 Å². The summed E-state index contributed by atoms with van der Waals surface area (Å²) in [5.74, 6) is 0.461. The third-order valence-electron chi connectivity index (χ3n) is 6.10. The summed E-state index contributed by atoms with van der Waals surface area (Å²) < 4.78 is 70.0. The van der Waals surface area contributed by atoms with Crippen molar-refractivity contribution >= 4 is 37.1 Å². The molecule has 0 aliphatic heterocycles. The smallest absolute Gasteiger partial charge is 0.261 e. The van der Waals surface area contributed by atoms with Crippen molar-refractivity contribution in [3.8, 4) is 22.5 Å². The van der Waals surface area contributed by atoms with Crippen LogP contribution in [0.5, 0.6) is 0 Å². The van der Waals surface area contributed by atoms with E-state index in [1.807, 2.05) is 13.0 Å². The zero-order valence-corrected chi connectivity index (χ0v) is 23.1. The van der Waals surface area contributed by atoms with E-state index in [1.165, 1.54) is 6.07 Å². The largest absolute Gasteiger partial charge is 0.368 e. The molecule has 2 heterocycles. The second-order valence-corrected chi connectivity index (χ2v) is 13.2. The Labute approximate surface area is 221 Å². The standard InChI is InChI=1S/C24H26FN5O2S.CH4O3S/c1-4-21-28-22(17-7-5-6-8-18(17)25)23(29(21)16-10-11-16)15-9-12-19-20(13-15)30(24(26)27-19)33(31,32)14(2)3;1-5(2,3)4/h5-9,12-14,16H,4,10-11H2,1-3H3,(H2,26,27);1H3,(H,2,3,4). The Hall–Kier alpha value is -3.29. The number of benzene rings is 2. The Balaban J connectivity index is 0.000000617. The number of fused-ring (bicyclic) bond motifs is 1. The molecule has 5 rings (SSSR count). The first-order valence-electron chi connectivity index (χ1n) is 12.0. The summed E-state index contributed by atoms with van der Waals surface area (Å²) in [5, 5.41) is -0.668. The van der Waals surface area contributed by atoms with E-state index in [2.05, 4.69) is 9.55 Å². The molecule has 10 nitrogen and oxygen atoms in total. The molecule has 1 fully saturated rings. The molecule has 1 saturated carbocycles. The van der Waals surface area contributed by atoms with Gasteiger partial charge < -0.3 is 10.3 Å². The van der Waals surface area contributed by atoms with Crippen LogP contribution in [0.1, 0.15) is 45.5 Å². The van der Waals surface area contributed by atoms with Crippen LogP contribution in [0.4, 0.5) is 10.3 Å². The Bertz CT molecular complexity index is 1710. The van der Waals surface area contributed by atoms with E-state index in [-0.39, 0.29) is 11.8 Å². The van der Waals surface area contributed by atoms with Crippen LogP contribution in [0.25, 0.3) is 33.5 Å². The minimum Gasteiger partial charge on any atom is -0.368 e. The highest BCUT2D eigenvalue weighted by molar-refractivity contribution is 7.90. The van der Waals surface area contributed by atoms with Gasteiger partial charge in [-0.25, -0.2) is 26.7 Å². The molecule has 1 aliphatic rings. The molecule has 0 amide bonds. The van der Waals surface area contributed by atoms with Crippen LogP contribution in [-0.2, 0) is 26.6 Å². The summed E-state index contributed by atoms with van der Waals surface area (Å²) in [6, 6.07) is 12.3. The van der Waals surface area contributed by atoms with Gasteiger partial charge in [0.15, 0.2) is 0 Å². The number of anilines is 1. The van der Waals surface area contributed by atoms with E-state index in [0.717, 1.165) is 33.9 Å². The van der Waals surface area contributed by atoms with E-state index in [0.29, 0.717) is 41.0 Å². The number of imidazole rings is 2. The number of nitrogen functional groups attached to an aromatic ring is 1. The molecule has 204 valence electrons. The normalized spacial score (nSPS) is 14.1. The van der Waals surface area contributed by atoms with Crippen molar-refractivity contribution in [3.05, 3.63) is 54.1 Å². The first kappa shape index (κ1) is 27.7. The molecule has 0 bridgehead atoms. The van der Waals surface area contributed by atoms with Crippen LogP contribution in [-0.4, -0.2) is 51.4 Å². The quantitative estimate of drug-likeness (QED) is 0.330. The zero-order chi connectivity index (χ0) is 28.0. The number of hydrogen-bond donors (Lipinski definition) is 2. The lowest BCUT2D eigenvalue weighted by atomic mass is 10.0. The van der Waals surface area contributed by atoms with E-state index in [1.54, 1.807) is 44.2 Å². The SMILES string of the molecule is CCc1nc(-c2ccccc2F)c(-c2ccc3nc(N)n(S(=O)(=O)C(C)C)c3c2)n1C1CC1.CS(=O)(=O)O. The van der Waals surface area contributed by atoms with Crippen molar-refractivity contribution in [3.63, 3.8) is 0 Å². The summed E-state index contributed by atoms with van der Waals surface area (Å²) in [5.41, 5.74) is 9.43. The van der Waals surface area contributed by atoms with Gasteiger partial charge in [0, 0.05) is 23.6 Å². The number of hydrogen-bond acceptors (Lipinski definition) is 7. The van der Waals surface area contributed by atoms with Gasteiger partial charge in [-0.2, -0.15) is 8.42 Å². The van der Waals surface area contributed by atoms with Gasteiger partial charge in [-0.3, -0.25) is 4.55 Å². The molecule has 4 aromatic rings. The van der Waals surface area contributed by atoms with Crippen molar-refractivity contribution in [2.45, 2.75) is 51.3 Å². The number of halogens is 1. The van der Waals surface area contributed by atoms with Crippen LogP contribution in [0.15, 0.2) is 42.5 Å². The maximum atomic E-state index is 14.8. The molecule has 0 radical (unpaired) electrons. The average molecular weight is 564 g/mol. The lowest BCUT2D eigenvalue weighted by Crippen LogP contribution is -2.23. The number of aromatic nitrogens is 4. The van der Waals surface area contributed by atoms with E-state index in [4.69, 9.17) is 15.3 Å². The summed E-state index contributed by atoms with van der Waals surface area (Å²) in [4.78, 5) is 9.10. The highest BCUT2D eigenvalue weighted by Crippen LogP contribution is 2.44. The molecule has 0 spiro atoms. The summed E-state index contributed by atoms with van der Waals surface area (Å²) in [6.45, 7) is 5.25. The molecule has 0 unspecified atom stereocenters. The molecule has 38 heavy (non-hydrogen) atoms. The second kappa shape index (κ2) is 10.1. The van der Waals surface area contributed by atoms with Crippen molar-refractivity contribution in [1.82, 2.24) is 18.5 Å². The van der Waals surface area contributed by atoms with Gasteiger partial charge in [-0.05, 0) is 51.0 Å². The predicted molar refractivity (Wildman–Crippen MR) is 145 cm³/mol. The Kier molecular flexibility index (Phi) is 7.38. The first-order chi connectivity index (χ1) is 17.7. The van der Waals surface area contributed by atoms with E-state index >= 15 is 0 Å². The number of aryl methyl sites for hydroxylation is 1. The lowest BCUT2D eigenvalue weighted by molar-refractivity contribution is 0.490. The first-order valence-corrected chi connectivity index (χ1v) is 15.4. The fourth-order valence-electron chi connectivity index (χ4n) is 4.27. The number of nitrogens with zero attached hydrogens (tertiary/aromatic N) is 4. The van der Waals surface area contributed by atoms with Crippen molar-refractivity contribution in [2.24, 2.45) is 0 Å². The molecular weight excluding hydrogens is 533 g/mol. The monoisotopic (exact) mass is 563 g/mol. The lowest BCUT2D eigenvalue weighted by Gasteiger charge is -2.14. The topological polar surface area (TPSA) is 150 Å². The molecule has 0 saturated heterocycles. The molecule has 13 heteroatoms. The molecule has 0 atom stereocenters. The fraction of sp³-hybridized carbons (Fsp3) is 0.360. The maximum Gasteiger partial charge on any atom is 0.261 e. The third-order valence-corrected chi connectivity index (χ3v) is 8.19. The van der Waals surface area contributed by atoms with Crippen LogP contribution >= 0.6 is 0 Å². The summed E-state index contributed by atoms with van der Waals surface area (Å²) in [7, 11) is -7.39. The van der Waals surface area contributed by atoms with Gasteiger partial charge in [0.1, 0.15) is 11.6 Å². The third kappa shape index (κ3) is 5.45. The van der Waals surface area contributed by atoms with Crippen LogP contribution < -0.4 is 5.73 Å². The molecule has 2 aromatic carbocycles. The number of rotatable bonds is 6. The predicted octanol–water partition coefficient (Wildman–Crippen LogP) is 4.28. The van der Waals surface area contributed by atoms with E-state index in [9.17, 15) is 21.2 Å². The van der Waals surface area contributed by atoms with Gasteiger partial charge in [-0.1, -0.05) is 25.1 Å². The van der Waals surface area contributed by atoms with Gasteiger partial charge in [0.25, 0.3) is 10.1 Å². The second-order valence-electron chi connectivity index (χ2n) is 9.42. The minimum absolute atomic E-state index is 0.0740. The summed E-state index contributed by atoms with van der Waals surface area (Å²) >= 11 is 0.